The summed E-state index contributed by atoms with van der Waals surface area (Å²) in [5.74, 6) is 2.10. The number of nitrogens with zero attached hydrogens (tertiary/aromatic N) is 2. The van der Waals surface area contributed by atoms with Crippen molar-refractivity contribution in [2.45, 2.75) is 44.0 Å². The molecule has 4 heteroatoms. The smallest absolute Gasteiger partial charge is 0.0543 e. The molecule has 0 radical (unpaired) electrons. The Kier molecular flexibility index (Phi) is 5.55. The molecule has 2 aliphatic heterocycles. The summed E-state index contributed by atoms with van der Waals surface area (Å²) in [5, 5.41) is 4.70. The normalized spacial score (nSPS) is 30.6. The number of likely N-dealkylation sites (tertiary alicyclic amines) is 1. The predicted octanol–water partition coefficient (Wildman–Crippen LogP) is 2.78. The second-order valence-corrected chi connectivity index (χ2v) is 7.88. The van der Waals surface area contributed by atoms with Crippen molar-refractivity contribution in [1.82, 2.24) is 15.2 Å². The van der Waals surface area contributed by atoms with Crippen LogP contribution in [0.15, 0.2) is 24.4 Å². The number of piperidine rings is 1. The van der Waals surface area contributed by atoms with Crippen LogP contribution in [0.25, 0.3) is 0 Å². The highest BCUT2D eigenvalue weighted by Gasteiger charge is 2.27. The molecule has 2 aliphatic rings. The zero-order valence-corrected chi connectivity index (χ0v) is 13.8. The second kappa shape index (κ2) is 7.61. The van der Waals surface area contributed by atoms with Crippen LogP contribution in [-0.2, 0) is 6.54 Å². The van der Waals surface area contributed by atoms with Crippen LogP contribution in [0.5, 0.6) is 0 Å². The van der Waals surface area contributed by atoms with E-state index in [0.29, 0.717) is 6.04 Å². The van der Waals surface area contributed by atoms with Crippen LogP contribution in [-0.4, -0.2) is 46.6 Å². The van der Waals surface area contributed by atoms with E-state index in [1.165, 1.54) is 50.3 Å². The van der Waals surface area contributed by atoms with Crippen molar-refractivity contribution in [2.24, 2.45) is 5.92 Å². The Balaban J connectivity index is 1.43. The molecule has 3 heterocycles. The Morgan fingerprint density at radius 1 is 1.38 bits per heavy atom. The zero-order valence-electron chi connectivity index (χ0n) is 13.0. The van der Waals surface area contributed by atoms with Gasteiger partial charge in [0, 0.05) is 43.7 Å². The fourth-order valence-corrected chi connectivity index (χ4v) is 4.70. The average Bonchev–Trinajstić information content (AvgIpc) is 3.01. The van der Waals surface area contributed by atoms with Crippen LogP contribution in [0, 0.1) is 5.92 Å². The van der Waals surface area contributed by atoms with Crippen LogP contribution in [0.2, 0.25) is 0 Å². The van der Waals surface area contributed by atoms with E-state index in [-0.39, 0.29) is 0 Å². The first-order valence-electron chi connectivity index (χ1n) is 8.28. The first-order valence-corrected chi connectivity index (χ1v) is 9.33. The monoisotopic (exact) mass is 305 g/mol. The lowest BCUT2D eigenvalue weighted by atomic mass is 9.93. The molecule has 1 aromatic rings. The van der Waals surface area contributed by atoms with Gasteiger partial charge in [-0.2, -0.15) is 11.8 Å². The summed E-state index contributed by atoms with van der Waals surface area (Å²) in [6.07, 6.45) is 5.98. The van der Waals surface area contributed by atoms with Gasteiger partial charge < -0.3 is 5.32 Å². The van der Waals surface area contributed by atoms with Gasteiger partial charge in [-0.05, 0) is 43.1 Å². The lowest BCUT2D eigenvalue weighted by molar-refractivity contribution is 0.140. The van der Waals surface area contributed by atoms with Gasteiger partial charge in [-0.3, -0.25) is 9.88 Å². The molecule has 3 nitrogen and oxygen atoms in total. The first-order chi connectivity index (χ1) is 10.3. The Morgan fingerprint density at radius 2 is 2.33 bits per heavy atom. The molecule has 0 aliphatic carbocycles. The SMILES string of the molecule is C[C@@H]1CN(Cc2ccccn2)CC[C@@H]1NC[C@@H]1CCCS1. The molecule has 0 spiro atoms. The average molecular weight is 305 g/mol. The maximum atomic E-state index is 4.45. The van der Waals surface area contributed by atoms with Gasteiger partial charge >= 0.3 is 0 Å². The molecule has 0 unspecified atom stereocenters. The maximum Gasteiger partial charge on any atom is 0.0543 e. The molecule has 1 N–H and O–H groups in total. The van der Waals surface area contributed by atoms with Gasteiger partial charge in [-0.1, -0.05) is 13.0 Å². The van der Waals surface area contributed by atoms with E-state index in [4.69, 9.17) is 0 Å². The maximum absolute atomic E-state index is 4.45. The number of hydrogen-bond acceptors (Lipinski definition) is 4. The Labute approximate surface area is 132 Å². The van der Waals surface area contributed by atoms with Crippen molar-refractivity contribution >= 4 is 11.8 Å². The van der Waals surface area contributed by atoms with Crippen LogP contribution in [0.3, 0.4) is 0 Å². The first kappa shape index (κ1) is 15.3. The van der Waals surface area contributed by atoms with Gasteiger partial charge in [0.05, 0.1) is 5.69 Å². The summed E-state index contributed by atoms with van der Waals surface area (Å²) >= 11 is 2.15. The van der Waals surface area contributed by atoms with Gasteiger partial charge in [-0.15, -0.1) is 0 Å². The van der Waals surface area contributed by atoms with Crippen molar-refractivity contribution in [3.63, 3.8) is 0 Å². The van der Waals surface area contributed by atoms with Crippen molar-refractivity contribution in [3.05, 3.63) is 30.1 Å². The Morgan fingerprint density at radius 3 is 3.05 bits per heavy atom. The number of rotatable bonds is 5. The molecule has 21 heavy (non-hydrogen) atoms. The molecule has 0 saturated carbocycles. The molecule has 0 amide bonds. The Bertz CT molecular complexity index is 419. The standard InChI is InChI=1S/C17H27N3S/c1-14-12-20(13-15-5-2-3-8-18-15)9-7-17(14)19-11-16-6-4-10-21-16/h2-3,5,8,14,16-17,19H,4,6-7,9-13H2,1H3/t14-,16+,17+/m1/s1. The van der Waals surface area contributed by atoms with Crippen molar-refractivity contribution < 1.29 is 0 Å². The lowest BCUT2D eigenvalue weighted by Gasteiger charge is -2.37. The Hall–Kier alpha value is -0.580. The van der Waals surface area contributed by atoms with Crippen LogP contribution >= 0.6 is 11.8 Å². The molecular formula is C17H27N3S. The highest BCUT2D eigenvalue weighted by atomic mass is 32.2. The molecule has 3 rings (SSSR count). The van der Waals surface area contributed by atoms with Gasteiger partial charge in [0.25, 0.3) is 0 Å². The van der Waals surface area contributed by atoms with Crippen LogP contribution in [0.1, 0.15) is 31.9 Å². The van der Waals surface area contributed by atoms with Gasteiger partial charge in [0.2, 0.25) is 0 Å². The van der Waals surface area contributed by atoms with E-state index in [9.17, 15) is 0 Å². The number of hydrogen-bond donors (Lipinski definition) is 1. The third-order valence-corrected chi connectivity index (χ3v) is 6.13. The summed E-state index contributed by atoms with van der Waals surface area (Å²) in [7, 11) is 0. The predicted molar refractivity (Wildman–Crippen MR) is 90.6 cm³/mol. The second-order valence-electron chi connectivity index (χ2n) is 6.47. The number of pyridine rings is 1. The summed E-state index contributed by atoms with van der Waals surface area (Å²) in [4.78, 5) is 7.00. The minimum absolute atomic E-state index is 0.700. The number of nitrogens with one attached hydrogen (secondary N) is 1. The van der Waals surface area contributed by atoms with Crippen LogP contribution in [0.4, 0.5) is 0 Å². The summed E-state index contributed by atoms with van der Waals surface area (Å²) in [5.41, 5.74) is 1.19. The molecule has 116 valence electrons. The lowest BCUT2D eigenvalue weighted by Crippen LogP contribution is -2.49. The van der Waals surface area contributed by atoms with E-state index in [0.717, 1.165) is 17.7 Å². The molecule has 2 fully saturated rings. The summed E-state index contributed by atoms with van der Waals surface area (Å²) < 4.78 is 0. The minimum atomic E-state index is 0.700. The number of aromatic nitrogens is 1. The van der Waals surface area contributed by atoms with Crippen LogP contribution < -0.4 is 5.32 Å². The van der Waals surface area contributed by atoms with Gasteiger partial charge in [0.15, 0.2) is 0 Å². The largest absolute Gasteiger partial charge is 0.313 e. The quantitative estimate of drug-likeness (QED) is 0.905. The molecule has 2 saturated heterocycles. The summed E-state index contributed by atoms with van der Waals surface area (Å²) in [6.45, 7) is 6.97. The van der Waals surface area contributed by atoms with Crippen molar-refractivity contribution in [2.75, 3.05) is 25.4 Å². The summed E-state index contributed by atoms with van der Waals surface area (Å²) in [6, 6.07) is 6.90. The van der Waals surface area contributed by atoms with E-state index in [1.807, 2.05) is 12.3 Å². The third-order valence-electron chi connectivity index (χ3n) is 4.73. The van der Waals surface area contributed by atoms with E-state index < -0.39 is 0 Å². The molecule has 1 aromatic heterocycles. The van der Waals surface area contributed by atoms with Crippen molar-refractivity contribution in [3.8, 4) is 0 Å². The molecule has 0 aromatic carbocycles. The molecule has 3 atom stereocenters. The zero-order chi connectivity index (χ0) is 14.5. The highest BCUT2D eigenvalue weighted by molar-refractivity contribution is 8.00. The van der Waals surface area contributed by atoms with E-state index >= 15 is 0 Å². The van der Waals surface area contributed by atoms with Crippen molar-refractivity contribution in [1.29, 1.82) is 0 Å². The van der Waals surface area contributed by atoms with E-state index in [1.54, 1.807) is 0 Å². The fraction of sp³-hybridized carbons (Fsp3) is 0.706. The molecular weight excluding hydrogens is 278 g/mol. The fourth-order valence-electron chi connectivity index (χ4n) is 3.49. The number of thioether (sulfide) groups is 1. The van der Waals surface area contributed by atoms with Gasteiger partial charge in [0.1, 0.15) is 0 Å². The van der Waals surface area contributed by atoms with Gasteiger partial charge in [-0.25, -0.2) is 0 Å². The third kappa shape index (κ3) is 4.44. The highest BCUT2D eigenvalue weighted by Crippen LogP contribution is 2.26. The molecule has 0 bridgehead atoms. The van der Waals surface area contributed by atoms with E-state index in [2.05, 4.69) is 46.0 Å². The topological polar surface area (TPSA) is 28.2 Å². The minimum Gasteiger partial charge on any atom is -0.313 e.